The van der Waals surface area contributed by atoms with Gasteiger partial charge >= 0.3 is 0 Å². The highest BCUT2D eigenvalue weighted by molar-refractivity contribution is 7.89. The Labute approximate surface area is 139 Å². The largest absolute Gasteiger partial charge is 0.335 e. The lowest BCUT2D eigenvalue weighted by Gasteiger charge is -2.10. The van der Waals surface area contributed by atoms with E-state index >= 15 is 0 Å². The maximum Gasteiger partial charge on any atom is 0.244 e. The monoisotopic (exact) mass is 343 g/mol. The van der Waals surface area contributed by atoms with Gasteiger partial charge in [-0.3, -0.25) is 4.79 Å². The summed E-state index contributed by atoms with van der Waals surface area (Å²) < 4.78 is 24.4. The lowest BCUT2D eigenvalue weighted by Crippen LogP contribution is -2.19. The van der Waals surface area contributed by atoms with E-state index in [4.69, 9.17) is 5.14 Å². The number of hydrogen-bond donors (Lipinski definition) is 2. The SMILES string of the molecule is Cc1cc2ccccc2n1CC(=O)Nc1ccc(S(N)(=O)=O)cc1. The Hall–Kier alpha value is -2.64. The maximum absolute atomic E-state index is 12.3. The van der Waals surface area contributed by atoms with Crippen molar-refractivity contribution in [3.8, 4) is 0 Å². The lowest BCUT2D eigenvalue weighted by atomic mass is 10.2. The number of rotatable bonds is 4. The van der Waals surface area contributed by atoms with E-state index in [0.29, 0.717) is 5.69 Å². The first-order valence-electron chi connectivity index (χ1n) is 7.32. The molecule has 3 rings (SSSR count). The zero-order chi connectivity index (χ0) is 17.3. The Kier molecular flexibility index (Phi) is 4.13. The molecule has 0 spiro atoms. The van der Waals surface area contributed by atoms with Gasteiger partial charge in [0.1, 0.15) is 6.54 Å². The molecule has 0 aliphatic rings. The fourth-order valence-electron chi connectivity index (χ4n) is 2.63. The van der Waals surface area contributed by atoms with Crippen LogP contribution < -0.4 is 10.5 Å². The number of nitrogens with two attached hydrogens (primary N) is 1. The molecule has 124 valence electrons. The zero-order valence-electron chi connectivity index (χ0n) is 13.1. The van der Waals surface area contributed by atoms with Crippen LogP contribution in [0.4, 0.5) is 5.69 Å². The number of anilines is 1. The summed E-state index contributed by atoms with van der Waals surface area (Å²) in [6.45, 7) is 2.13. The van der Waals surface area contributed by atoms with Gasteiger partial charge in [-0.15, -0.1) is 0 Å². The number of carbonyl (C=O) groups is 1. The molecule has 7 heteroatoms. The van der Waals surface area contributed by atoms with E-state index in [1.807, 2.05) is 41.8 Å². The van der Waals surface area contributed by atoms with Crippen LogP contribution in [0.2, 0.25) is 0 Å². The average molecular weight is 343 g/mol. The second kappa shape index (κ2) is 6.10. The van der Waals surface area contributed by atoms with Crippen molar-refractivity contribution in [3.63, 3.8) is 0 Å². The third-order valence-corrected chi connectivity index (χ3v) is 4.72. The van der Waals surface area contributed by atoms with Crippen LogP contribution in [0.25, 0.3) is 10.9 Å². The highest BCUT2D eigenvalue weighted by atomic mass is 32.2. The van der Waals surface area contributed by atoms with Crippen LogP contribution in [0.15, 0.2) is 59.5 Å². The molecule has 0 fully saturated rings. The summed E-state index contributed by atoms with van der Waals surface area (Å²) in [4.78, 5) is 12.3. The standard InChI is InChI=1S/C17H17N3O3S/c1-12-10-13-4-2-3-5-16(13)20(12)11-17(21)19-14-6-8-15(9-7-14)24(18,22)23/h2-10H,11H2,1H3,(H,19,21)(H2,18,22,23). The van der Waals surface area contributed by atoms with Crippen LogP contribution in [0, 0.1) is 6.92 Å². The van der Waals surface area contributed by atoms with Crippen molar-refractivity contribution in [2.45, 2.75) is 18.4 Å². The molecule has 6 nitrogen and oxygen atoms in total. The van der Waals surface area contributed by atoms with Gasteiger partial charge in [-0.05, 0) is 48.7 Å². The first-order valence-corrected chi connectivity index (χ1v) is 8.87. The topological polar surface area (TPSA) is 94.2 Å². The first-order chi connectivity index (χ1) is 11.3. The molecule has 0 atom stereocenters. The summed E-state index contributed by atoms with van der Waals surface area (Å²) in [5, 5.41) is 8.89. The van der Waals surface area contributed by atoms with E-state index in [2.05, 4.69) is 5.32 Å². The Morgan fingerprint density at radius 1 is 1.12 bits per heavy atom. The molecule has 24 heavy (non-hydrogen) atoms. The summed E-state index contributed by atoms with van der Waals surface area (Å²) in [5.41, 5.74) is 2.51. The smallest absolute Gasteiger partial charge is 0.244 e. The Morgan fingerprint density at radius 2 is 1.79 bits per heavy atom. The van der Waals surface area contributed by atoms with Crippen molar-refractivity contribution < 1.29 is 13.2 Å². The molecule has 0 aliphatic carbocycles. The van der Waals surface area contributed by atoms with E-state index in [1.54, 1.807) is 0 Å². The predicted octanol–water partition coefficient (Wildman–Crippen LogP) is 2.24. The third kappa shape index (κ3) is 3.32. The van der Waals surface area contributed by atoms with E-state index in [9.17, 15) is 13.2 Å². The van der Waals surface area contributed by atoms with Gasteiger partial charge in [0.05, 0.1) is 4.90 Å². The first kappa shape index (κ1) is 16.2. The van der Waals surface area contributed by atoms with Gasteiger partial charge < -0.3 is 9.88 Å². The van der Waals surface area contributed by atoms with Crippen LogP contribution in [0.5, 0.6) is 0 Å². The molecule has 0 radical (unpaired) electrons. The van der Waals surface area contributed by atoms with Gasteiger partial charge in [-0.1, -0.05) is 18.2 Å². The van der Waals surface area contributed by atoms with E-state index in [0.717, 1.165) is 16.6 Å². The van der Waals surface area contributed by atoms with Gasteiger partial charge in [0.2, 0.25) is 15.9 Å². The van der Waals surface area contributed by atoms with Gasteiger partial charge in [0.25, 0.3) is 0 Å². The fourth-order valence-corrected chi connectivity index (χ4v) is 3.15. The Bertz CT molecular complexity index is 1010. The van der Waals surface area contributed by atoms with Crippen molar-refractivity contribution in [1.82, 2.24) is 4.57 Å². The number of benzene rings is 2. The number of primary sulfonamides is 1. The van der Waals surface area contributed by atoms with E-state index in [-0.39, 0.29) is 17.3 Å². The molecule has 3 N–H and O–H groups in total. The summed E-state index contributed by atoms with van der Waals surface area (Å²) in [5.74, 6) is -0.192. The molecular weight excluding hydrogens is 326 g/mol. The number of aromatic nitrogens is 1. The minimum absolute atomic E-state index is 0.00717. The molecule has 1 heterocycles. The molecule has 0 aliphatic heterocycles. The van der Waals surface area contributed by atoms with Gasteiger partial charge in [0, 0.05) is 16.9 Å². The Balaban J connectivity index is 1.77. The van der Waals surface area contributed by atoms with Crippen LogP contribution in [-0.4, -0.2) is 18.9 Å². The van der Waals surface area contributed by atoms with Crippen molar-refractivity contribution >= 4 is 32.5 Å². The van der Waals surface area contributed by atoms with E-state index < -0.39 is 10.0 Å². The number of sulfonamides is 1. The van der Waals surface area contributed by atoms with Crippen LogP contribution in [-0.2, 0) is 21.4 Å². The van der Waals surface area contributed by atoms with Gasteiger partial charge in [-0.2, -0.15) is 0 Å². The second-order valence-electron chi connectivity index (χ2n) is 5.55. The number of nitrogens with zero attached hydrogens (tertiary/aromatic N) is 1. The summed E-state index contributed by atoms with van der Waals surface area (Å²) in [6, 6.07) is 15.6. The molecule has 0 saturated heterocycles. The molecule has 2 aromatic carbocycles. The zero-order valence-corrected chi connectivity index (χ0v) is 13.9. The predicted molar refractivity (Wildman–Crippen MR) is 93.1 cm³/mol. The van der Waals surface area contributed by atoms with Crippen LogP contribution in [0.3, 0.4) is 0 Å². The van der Waals surface area contributed by atoms with Crippen LogP contribution in [0.1, 0.15) is 5.69 Å². The number of fused-ring (bicyclic) bond motifs is 1. The van der Waals surface area contributed by atoms with Gasteiger partial charge in [0.15, 0.2) is 0 Å². The molecule has 1 aromatic heterocycles. The lowest BCUT2D eigenvalue weighted by molar-refractivity contribution is -0.116. The van der Waals surface area contributed by atoms with Gasteiger partial charge in [-0.25, -0.2) is 13.6 Å². The molecule has 3 aromatic rings. The number of aryl methyl sites for hydroxylation is 1. The quantitative estimate of drug-likeness (QED) is 0.760. The van der Waals surface area contributed by atoms with Crippen molar-refractivity contribution in [1.29, 1.82) is 0 Å². The van der Waals surface area contributed by atoms with Crippen molar-refractivity contribution in [2.75, 3.05) is 5.32 Å². The number of carbonyl (C=O) groups excluding carboxylic acids is 1. The summed E-state index contributed by atoms with van der Waals surface area (Å²) in [6.07, 6.45) is 0. The molecular formula is C17H17N3O3S. The minimum atomic E-state index is -3.74. The highest BCUT2D eigenvalue weighted by Crippen LogP contribution is 2.19. The normalized spacial score (nSPS) is 11.6. The fraction of sp³-hybridized carbons (Fsp3) is 0.118. The molecule has 1 amide bonds. The third-order valence-electron chi connectivity index (χ3n) is 3.79. The number of amides is 1. The maximum atomic E-state index is 12.3. The van der Waals surface area contributed by atoms with E-state index in [1.165, 1.54) is 24.3 Å². The number of nitrogens with one attached hydrogen (secondary N) is 1. The number of hydrogen-bond acceptors (Lipinski definition) is 3. The average Bonchev–Trinajstić information content (AvgIpc) is 2.83. The Morgan fingerprint density at radius 3 is 2.46 bits per heavy atom. The second-order valence-corrected chi connectivity index (χ2v) is 7.11. The number of para-hydroxylation sites is 1. The van der Waals surface area contributed by atoms with Crippen molar-refractivity contribution in [3.05, 3.63) is 60.3 Å². The molecule has 0 bridgehead atoms. The molecule has 0 unspecified atom stereocenters. The summed E-state index contributed by atoms with van der Waals surface area (Å²) in [7, 11) is -3.74. The summed E-state index contributed by atoms with van der Waals surface area (Å²) >= 11 is 0. The molecule has 0 saturated carbocycles. The van der Waals surface area contributed by atoms with Crippen LogP contribution >= 0.6 is 0 Å². The highest BCUT2D eigenvalue weighted by Gasteiger charge is 2.11. The van der Waals surface area contributed by atoms with Crippen molar-refractivity contribution in [2.24, 2.45) is 5.14 Å². The minimum Gasteiger partial charge on any atom is -0.335 e.